The molecule has 1 atom stereocenters. The fraction of sp³-hybridized carbons (Fsp3) is 0.667. The van der Waals surface area contributed by atoms with Gasteiger partial charge < -0.3 is 14.1 Å². The number of rotatable bonds is 5. The minimum absolute atomic E-state index is 0.0640. The van der Waals surface area contributed by atoms with Gasteiger partial charge in [0.05, 0.1) is 5.69 Å². The maximum Gasteiger partial charge on any atom is 0.318 e. The van der Waals surface area contributed by atoms with E-state index in [4.69, 9.17) is 9.15 Å². The molecule has 23 heavy (non-hydrogen) atoms. The molecule has 1 unspecified atom stereocenters. The number of thiazole rings is 1. The van der Waals surface area contributed by atoms with Crippen LogP contribution in [0.4, 0.5) is 6.01 Å². The van der Waals surface area contributed by atoms with Crippen molar-refractivity contribution in [2.45, 2.75) is 32.9 Å². The van der Waals surface area contributed by atoms with E-state index in [0.29, 0.717) is 11.9 Å². The quantitative estimate of drug-likeness (QED) is 0.829. The van der Waals surface area contributed by atoms with Gasteiger partial charge in [-0.1, -0.05) is 5.10 Å². The van der Waals surface area contributed by atoms with E-state index in [1.165, 1.54) is 0 Å². The molecule has 0 aliphatic carbocycles. The Labute approximate surface area is 140 Å². The summed E-state index contributed by atoms with van der Waals surface area (Å²) >= 11 is 1.67. The molecule has 2 aromatic heterocycles. The highest BCUT2D eigenvalue weighted by molar-refractivity contribution is 7.09. The minimum atomic E-state index is 0.0640. The van der Waals surface area contributed by atoms with Gasteiger partial charge in [0.2, 0.25) is 5.89 Å². The van der Waals surface area contributed by atoms with Crippen LogP contribution in [0.1, 0.15) is 36.0 Å². The average Bonchev–Trinajstić information content (AvgIpc) is 3.12. The number of aromatic nitrogens is 3. The predicted octanol–water partition coefficient (Wildman–Crippen LogP) is 2.25. The number of methoxy groups -OCH3 is 1. The van der Waals surface area contributed by atoms with Crippen molar-refractivity contribution in [3.05, 3.63) is 22.0 Å². The first-order valence-corrected chi connectivity index (χ1v) is 8.78. The van der Waals surface area contributed by atoms with Crippen molar-refractivity contribution >= 4 is 17.4 Å². The monoisotopic (exact) mass is 337 g/mol. The lowest BCUT2D eigenvalue weighted by Crippen LogP contribution is -2.30. The van der Waals surface area contributed by atoms with E-state index in [1.54, 1.807) is 18.4 Å². The SMILES string of the molecule is COC(C)c1nc(CN2CCCN(c3nnc(C)o3)CC2)cs1. The van der Waals surface area contributed by atoms with Crippen molar-refractivity contribution < 1.29 is 9.15 Å². The van der Waals surface area contributed by atoms with Crippen LogP contribution in [0.15, 0.2) is 9.80 Å². The lowest BCUT2D eigenvalue weighted by atomic mass is 10.3. The summed E-state index contributed by atoms with van der Waals surface area (Å²) in [5.41, 5.74) is 1.12. The van der Waals surface area contributed by atoms with E-state index in [1.807, 2.05) is 13.8 Å². The molecule has 1 saturated heterocycles. The molecular weight excluding hydrogens is 314 g/mol. The van der Waals surface area contributed by atoms with Gasteiger partial charge >= 0.3 is 6.01 Å². The molecule has 1 aliphatic rings. The second-order valence-electron chi connectivity index (χ2n) is 5.78. The Bertz CT molecular complexity index is 629. The van der Waals surface area contributed by atoms with Crippen molar-refractivity contribution in [2.24, 2.45) is 0 Å². The zero-order valence-electron chi connectivity index (χ0n) is 13.9. The number of ether oxygens (including phenoxy) is 1. The lowest BCUT2D eigenvalue weighted by molar-refractivity contribution is 0.119. The highest BCUT2D eigenvalue weighted by Crippen LogP contribution is 2.22. The van der Waals surface area contributed by atoms with Gasteiger partial charge in [-0.05, 0) is 13.3 Å². The summed E-state index contributed by atoms with van der Waals surface area (Å²) in [5, 5.41) is 11.2. The van der Waals surface area contributed by atoms with Crippen molar-refractivity contribution in [2.75, 3.05) is 38.2 Å². The van der Waals surface area contributed by atoms with Crippen molar-refractivity contribution in [3.63, 3.8) is 0 Å². The van der Waals surface area contributed by atoms with Crippen LogP contribution in [-0.4, -0.2) is 53.4 Å². The Hall–Kier alpha value is -1.51. The Balaban J connectivity index is 1.57. The van der Waals surface area contributed by atoms with Crippen LogP contribution in [-0.2, 0) is 11.3 Å². The summed E-state index contributed by atoms with van der Waals surface area (Å²) < 4.78 is 10.9. The van der Waals surface area contributed by atoms with Gasteiger partial charge in [0, 0.05) is 52.1 Å². The molecule has 0 spiro atoms. The Kier molecular flexibility index (Phi) is 5.24. The average molecular weight is 337 g/mol. The Morgan fingerprint density at radius 3 is 2.91 bits per heavy atom. The highest BCUT2D eigenvalue weighted by Gasteiger charge is 2.20. The summed E-state index contributed by atoms with van der Waals surface area (Å²) in [6.07, 6.45) is 1.14. The smallest absolute Gasteiger partial charge is 0.318 e. The van der Waals surface area contributed by atoms with Crippen LogP contribution in [0, 0.1) is 6.92 Å². The molecule has 126 valence electrons. The summed E-state index contributed by atoms with van der Waals surface area (Å²) in [6, 6.07) is 0.634. The van der Waals surface area contributed by atoms with Crippen molar-refractivity contribution in [1.29, 1.82) is 0 Å². The number of aryl methyl sites for hydroxylation is 1. The van der Waals surface area contributed by atoms with Crippen LogP contribution >= 0.6 is 11.3 Å². The number of nitrogens with zero attached hydrogens (tertiary/aromatic N) is 5. The third-order valence-electron chi connectivity index (χ3n) is 4.03. The fourth-order valence-electron chi connectivity index (χ4n) is 2.65. The van der Waals surface area contributed by atoms with E-state index in [2.05, 4.69) is 30.4 Å². The molecule has 1 fully saturated rings. The summed E-state index contributed by atoms with van der Waals surface area (Å²) in [6.45, 7) is 8.59. The molecule has 0 radical (unpaired) electrons. The van der Waals surface area contributed by atoms with Crippen LogP contribution in [0.2, 0.25) is 0 Å². The van der Waals surface area contributed by atoms with Gasteiger partial charge in [-0.15, -0.1) is 16.4 Å². The second kappa shape index (κ2) is 7.37. The molecule has 0 saturated carbocycles. The van der Waals surface area contributed by atoms with Gasteiger partial charge in [0.15, 0.2) is 0 Å². The number of hydrogen-bond donors (Lipinski definition) is 0. The zero-order chi connectivity index (χ0) is 16.2. The first-order valence-electron chi connectivity index (χ1n) is 7.90. The normalized spacial score (nSPS) is 18.1. The lowest BCUT2D eigenvalue weighted by Gasteiger charge is -2.19. The first-order chi connectivity index (χ1) is 11.2. The van der Waals surface area contributed by atoms with Crippen LogP contribution in [0.5, 0.6) is 0 Å². The highest BCUT2D eigenvalue weighted by atomic mass is 32.1. The third kappa shape index (κ3) is 4.07. The molecule has 3 rings (SSSR count). The standard InChI is InChI=1S/C15H23N5O2S/c1-11(21-3)14-16-13(10-23-14)9-19-5-4-6-20(8-7-19)15-18-17-12(2)22-15/h10-11H,4-9H2,1-3H3. The third-order valence-corrected chi connectivity index (χ3v) is 5.09. The van der Waals surface area contributed by atoms with Gasteiger partial charge in [-0.25, -0.2) is 4.98 Å². The van der Waals surface area contributed by atoms with E-state index >= 15 is 0 Å². The Morgan fingerprint density at radius 1 is 1.30 bits per heavy atom. The van der Waals surface area contributed by atoms with Gasteiger partial charge in [0.25, 0.3) is 0 Å². The molecule has 8 heteroatoms. The topological polar surface area (TPSA) is 67.5 Å². The number of anilines is 1. The van der Waals surface area contributed by atoms with Gasteiger partial charge in [0.1, 0.15) is 11.1 Å². The van der Waals surface area contributed by atoms with E-state index in [9.17, 15) is 0 Å². The molecule has 0 N–H and O–H groups in total. The summed E-state index contributed by atoms with van der Waals surface area (Å²) in [5.74, 6) is 0.614. The molecule has 2 aromatic rings. The van der Waals surface area contributed by atoms with Crippen molar-refractivity contribution in [3.8, 4) is 0 Å². The van der Waals surface area contributed by atoms with E-state index < -0.39 is 0 Å². The predicted molar refractivity (Wildman–Crippen MR) is 88.7 cm³/mol. The molecule has 0 bridgehead atoms. The number of hydrogen-bond acceptors (Lipinski definition) is 8. The molecule has 1 aliphatic heterocycles. The van der Waals surface area contributed by atoms with Crippen molar-refractivity contribution in [1.82, 2.24) is 20.1 Å². The maximum absolute atomic E-state index is 5.53. The Morgan fingerprint density at radius 2 is 2.17 bits per heavy atom. The molecule has 0 amide bonds. The molecule has 0 aromatic carbocycles. The van der Waals surface area contributed by atoms with E-state index in [0.717, 1.165) is 49.8 Å². The van der Waals surface area contributed by atoms with Gasteiger partial charge in [-0.3, -0.25) is 4.90 Å². The molecular formula is C15H23N5O2S. The van der Waals surface area contributed by atoms with Crippen LogP contribution in [0.3, 0.4) is 0 Å². The van der Waals surface area contributed by atoms with Crippen LogP contribution in [0.25, 0.3) is 0 Å². The zero-order valence-corrected chi connectivity index (χ0v) is 14.7. The van der Waals surface area contributed by atoms with Gasteiger partial charge in [-0.2, -0.15) is 0 Å². The van der Waals surface area contributed by atoms with Crippen LogP contribution < -0.4 is 4.90 Å². The fourth-order valence-corrected chi connectivity index (χ4v) is 3.49. The summed E-state index contributed by atoms with van der Waals surface area (Å²) in [7, 11) is 1.72. The molecule has 3 heterocycles. The largest absolute Gasteiger partial charge is 0.408 e. The second-order valence-corrected chi connectivity index (χ2v) is 6.67. The molecule has 7 nitrogen and oxygen atoms in total. The minimum Gasteiger partial charge on any atom is -0.408 e. The van der Waals surface area contributed by atoms with E-state index in [-0.39, 0.29) is 6.10 Å². The first kappa shape index (κ1) is 16.4. The summed E-state index contributed by atoms with van der Waals surface area (Å²) in [4.78, 5) is 9.28. The maximum atomic E-state index is 5.53.